The van der Waals surface area contributed by atoms with Gasteiger partial charge in [-0.1, -0.05) is 13.8 Å². The number of rotatable bonds is 4. The molecule has 136 valence electrons. The number of nitrogens with one attached hydrogen (secondary N) is 1. The second-order valence-electron chi connectivity index (χ2n) is 6.80. The van der Waals surface area contributed by atoms with E-state index in [0.717, 1.165) is 13.1 Å². The van der Waals surface area contributed by atoms with E-state index in [1.807, 2.05) is 39.5 Å². The first-order valence-electron chi connectivity index (χ1n) is 7.81. The molecule has 1 aliphatic rings. The van der Waals surface area contributed by atoms with E-state index < -0.39 is 11.7 Å². The summed E-state index contributed by atoms with van der Waals surface area (Å²) in [4.78, 5) is 18.3. The molecule has 0 aliphatic carbocycles. The first kappa shape index (κ1) is 22.2. The Morgan fingerprint density at radius 1 is 1.35 bits per heavy atom. The maximum Gasteiger partial charge on any atom is 0.407 e. The van der Waals surface area contributed by atoms with Gasteiger partial charge in [-0.25, -0.2) is 4.79 Å². The highest BCUT2D eigenvalue weighted by Crippen LogP contribution is 2.09. The number of nitrogens with zero attached hydrogens (tertiary/aromatic N) is 2. The topological polar surface area (TPSA) is 89.2 Å². The highest BCUT2D eigenvalue weighted by molar-refractivity contribution is 14.0. The standard InChI is InChI=1S/C15H30N4O3.HI/c1-11(2)12(18-14(20)22-15(3,4)5)10-17-13(16)19-6-8-21-9-7-19;/h11-12H,6-10H2,1-5H3,(H2,16,17)(H,18,20);1H. The Morgan fingerprint density at radius 2 is 1.91 bits per heavy atom. The Kier molecular flexibility index (Phi) is 9.83. The van der Waals surface area contributed by atoms with Crippen LogP contribution in [-0.4, -0.2) is 61.4 Å². The van der Waals surface area contributed by atoms with Crippen LogP contribution >= 0.6 is 24.0 Å². The molecule has 7 nitrogen and oxygen atoms in total. The van der Waals surface area contributed by atoms with Crippen molar-refractivity contribution in [3.8, 4) is 0 Å². The van der Waals surface area contributed by atoms with Crippen LogP contribution in [0.4, 0.5) is 4.79 Å². The van der Waals surface area contributed by atoms with Crippen molar-refractivity contribution >= 4 is 36.0 Å². The first-order valence-corrected chi connectivity index (χ1v) is 7.81. The van der Waals surface area contributed by atoms with E-state index in [1.54, 1.807) is 0 Å². The summed E-state index contributed by atoms with van der Waals surface area (Å²) in [6.07, 6.45) is -0.425. The molecular weight excluding hydrogens is 411 g/mol. The minimum atomic E-state index is -0.512. The lowest BCUT2D eigenvalue weighted by Crippen LogP contribution is -2.47. The van der Waals surface area contributed by atoms with Crippen molar-refractivity contribution in [2.24, 2.45) is 16.6 Å². The predicted octanol–water partition coefficient (Wildman–Crippen LogP) is 1.80. The SMILES string of the molecule is CC(C)C(CN=C(N)N1CCOCC1)NC(=O)OC(C)(C)C.I. The third kappa shape index (κ3) is 9.19. The third-order valence-electron chi connectivity index (χ3n) is 3.29. The number of halogens is 1. The summed E-state index contributed by atoms with van der Waals surface area (Å²) < 4.78 is 10.6. The van der Waals surface area contributed by atoms with Crippen molar-refractivity contribution in [1.29, 1.82) is 0 Å². The maximum absolute atomic E-state index is 11.9. The summed E-state index contributed by atoms with van der Waals surface area (Å²) in [6.45, 7) is 12.8. The van der Waals surface area contributed by atoms with Gasteiger partial charge in [-0.2, -0.15) is 0 Å². The fourth-order valence-corrected chi connectivity index (χ4v) is 1.97. The minimum absolute atomic E-state index is 0. The van der Waals surface area contributed by atoms with E-state index >= 15 is 0 Å². The van der Waals surface area contributed by atoms with Gasteiger partial charge in [0.2, 0.25) is 0 Å². The van der Waals surface area contributed by atoms with Crippen LogP contribution in [0, 0.1) is 5.92 Å². The number of ether oxygens (including phenoxy) is 2. The smallest absolute Gasteiger partial charge is 0.407 e. The Balaban J connectivity index is 0.00000484. The monoisotopic (exact) mass is 442 g/mol. The first-order chi connectivity index (χ1) is 10.2. The van der Waals surface area contributed by atoms with Crippen molar-refractivity contribution in [3.63, 3.8) is 0 Å². The number of nitrogens with two attached hydrogens (primary N) is 1. The van der Waals surface area contributed by atoms with Gasteiger partial charge < -0.3 is 25.4 Å². The van der Waals surface area contributed by atoms with Gasteiger partial charge in [-0.05, 0) is 26.7 Å². The normalized spacial score (nSPS) is 17.5. The van der Waals surface area contributed by atoms with E-state index in [4.69, 9.17) is 15.2 Å². The van der Waals surface area contributed by atoms with E-state index in [2.05, 4.69) is 10.3 Å². The van der Waals surface area contributed by atoms with Crippen molar-refractivity contribution in [2.45, 2.75) is 46.3 Å². The number of aliphatic imine (C=N–C) groups is 1. The average molecular weight is 442 g/mol. The Morgan fingerprint density at radius 3 is 2.39 bits per heavy atom. The fourth-order valence-electron chi connectivity index (χ4n) is 1.97. The molecule has 8 heteroatoms. The molecular formula is C15H31IN4O3. The molecule has 3 N–H and O–H groups in total. The number of amides is 1. The van der Waals surface area contributed by atoms with Crippen molar-refractivity contribution < 1.29 is 14.3 Å². The average Bonchev–Trinajstić information content (AvgIpc) is 2.41. The fraction of sp³-hybridized carbons (Fsp3) is 0.867. The second-order valence-corrected chi connectivity index (χ2v) is 6.80. The predicted molar refractivity (Wildman–Crippen MR) is 102 cm³/mol. The molecule has 0 aromatic carbocycles. The van der Waals surface area contributed by atoms with E-state index in [9.17, 15) is 4.79 Å². The number of carbonyl (C=O) groups excluding carboxylic acids is 1. The number of carbonyl (C=O) groups is 1. The summed E-state index contributed by atoms with van der Waals surface area (Å²) in [5, 5.41) is 2.86. The van der Waals surface area contributed by atoms with Crippen LogP contribution in [0.2, 0.25) is 0 Å². The van der Waals surface area contributed by atoms with Crippen LogP contribution in [0.1, 0.15) is 34.6 Å². The molecule has 1 atom stereocenters. The highest BCUT2D eigenvalue weighted by Gasteiger charge is 2.21. The highest BCUT2D eigenvalue weighted by atomic mass is 127. The lowest BCUT2D eigenvalue weighted by molar-refractivity contribution is 0.0492. The van der Waals surface area contributed by atoms with E-state index in [0.29, 0.717) is 25.7 Å². The molecule has 1 rings (SSSR count). The number of guanidine groups is 1. The van der Waals surface area contributed by atoms with Crippen LogP contribution in [0.5, 0.6) is 0 Å². The van der Waals surface area contributed by atoms with E-state index in [1.165, 1.54) is 0 Å². The quantitative estimate of drug-likeness (QED) is 0.394. The molecule has 1 aliphatic heterocycles. The second kappa shape index (κ2) is 10.2. The van der Waals surface area contributed by atoms with Crippen LogP contribution in [-0.2, 0) is 9.47 Å². The van der Waals surface area contributed by atoms with Crippen LogP contribution in [0.15, 0.2) is 4.99 Å². The molecule has 0 spiro atoms. The van der Waals surface area contributed by atoms with Gasteiger partial charge in [-0.3, -0.25) is 4.99 Å². The van der Waals surface area contributed by atoms with Crippen molar-refractivity contribution in [2.75, 3.05) is 32.8 Å². The Hall–Kier alpha value is -0.770. The van der Waals surface area contributed by atoms with Crippen LogP contribution in [0.25, 0.3) is 0 Å². The van der Waals surface area contributed by atoms with Gasteiger partial charge in [0.05, 0.1) is 25.8 Å². The summed E-state index contributed by atoms with van der Waals surface area (Å²) in [7, 11) is 0. The number of hydrogen-bond donors (Lipinski definition) is 2. The molecule has 0 saturated carbocycles. The largest absolute Gasteiger partial charge is 0.444 e. The zero-order valence-corrected chi connectivity index (χ0v) is 17.1. The number of hydrogen-bond acceptors (Lipinski definition) is 4. The van der Waals surface area contributed by atoms with Gasteiger partial charge in [0.1, 0.15) is 5.60 Å². The Labute approximate surface area is 156 Å². The number of alkyl carbamates (subject to hydrolysis) is 1. The summed E-state index contributed by atoms with van der Waals surface area (Å²) in [5.41, 5.74) is 5.49. The van der Waals surface area contributed by atoms with Crippen LogP contribution < -0.4 is 11.1 Å². The zero-order chi connectivity index (χ0) is 16.8. The summed E-state index contributed by atoms with van der Waals surface area (Å²) in [5.74, 6) is 0.730. The Bertz CT molecular complexity index is 391. The molecule has 1 fully saturated rings. The van der Waals surface area contributed by atoms with Crippen molar-refractivity contribution in [3.05, 3.63) is 0 Å². The molecule has 1 unspecified atom stereocenters. The van der Waals surface area contributed by atoms with Gasteiger partial charge in [0.25, 0.3) is 0 Å². The summed E-state index contributed by atoms with van der Waals surface area (Å²) >= 11 is 0. The molecule has 1 amide bonds. The van der Waals surface area contributed by atoms with Crippen LogP contribution in [0.3, 0.4) is 0 Å². The lowest BCUT2D eigenvalue weighted by Gasteiger charge is -2.28. The lowest BCUT2D eigenvalue weighted by atomic mass is 10.1. The zero-order valence-electron chi connectivity index (χ0n) is 14.8. The molecule has 0 bridgehead atoms. The molecule has 1 heterocycles. The molecule has 23 heavy (non-hydrogen) atoms. The van der Waals surface area contributed by atoms with Crippen molar-refractivity contribution in [1.82, 2.24) is 10.2 Å². The summed E-state index contributed by atoms with van der Waals surface area (Å²) in [6, 6.07) is -0.116. The third-order valence-corrected chi connectivity index (χ3v) is 3.29. The van der Waals surface area contributed by atoms with E-state index in [-0.39, 0.29) is 35.9 Å². The van der Waals surface area contributed by atoms with Gasteiger partial charge in [-0.15, -0.1) is 24.0 Å². The maximum atomic E-state index is 11.9. The van der Waals surface area contributed by atoms with Gasteiger partial charge in [0.15, 0.2) is 5.96 Å². The molecule has 1 saturated heterocycles. The van der Waals surface area contributed by atoms with Gasteiger partial charge >= 0.3 is 6.09 Å². The van der Waals surface area contributed by atoms with Gasteiger partial charge in [0, 0.05) is 13.1 Å². The number of morpholine rings is 1. The minimum Gasteiger partial charge on any atom is -0.444 e. The molecule has 0 radical (unpaired) electrons. The molecule has 0 aromatic heterocycles. The molecule has 0 aromatic rings.